The Morgan fingerprint density at radius 2 is 1.88 bits per heavy atom. The third-order valence-corrected chi connectivity index (χ3v) is 4.66. The molecule has 4 rings (SSSR count). The summed E-state index contributed by atoms with van der Waals surface area (Å²) in [5.41, 5.74) is 2.96. The molecule has 1 aromatic carbocycles. The van der Waals surface area contributed by atoms with Gasteiger partial charge in [0.05, 0.1) is 44.6 Å². The molecule has 0 aliphatic carbocycles. The van der Waals surface area contributed by atoms with Crippen molar-refractivity contribution in [3.8, 4) is 17.2 Å². The molecule has 0 saturated heterocycles. The van der Waals surface area contributed by atoms with Crippen molar-refractivity contribution in [2.45, 2.75) is 19.9 Å². The van der Waals surface area contributed by atoms with E-state index < -0.39 is 0 Å². The van der Waals surface area contributed by atoms with E-state index in [2.05, 4.69) is 24.8 Å². The fourth-order valence-corrected chi connectivity index (χ4v) is 3.52. The highest BCUT2D eigenvalue weighted by atomic mass is 16.5. The first-order valence-electron chi connectivity index (χ1n) is 8.39. The summed E-state index contributed by atoms with van der Waals surface area (Å²) in [5, 5.41) is 0.863. The maximum Gasteiger partial charge on any atom is 0.205 e. The second-order valence-corrected chi connectivity index (χ2v) is 6.16. The van der Waals surface area contributed by atoms with Gasteiger partial charge in [-0.05, 0) is 13.0 Å². The fourth-order valence-electron chi connectivity index (χ4n) is 3.52. The van der Waals surface area contributed by atoms with E-state index >= 15 is 0 Å². The van der Waals surface area contributed by atoms with Crippen molar-refractivity contribution in [2.75, 3.05) is 32.8 Å². The molecule has 0 bridgehead atoms. The number of benzene rings is 1. The largest absolute Gasteiger partial charge is 0.493 e. The highest BCUT2D eigenvalue weighted by Gasteiger charge is 2.25. The number of ether oxygens (including phenoxy) is 3. The second kappa shape index (κ2) is 6.36. The van der Waals surface area contributed by atoms with Gasteiger partial charge in [0.15, 0.2) is 11.5 Å². The van der Waals surface area contributed by atoms with E-state index in [-0.39, 0.29) is 0 Å². The maximum atomic E-state index is 5.56. The number of fused-ring (bicyclic) bond motifs is 2. The molecule has 0 unspecified atom stereocenters. The summed E-state index contributed by atoms with van der Waals surface area (Å²) in [6.45, 7) is 3.53. The van der Waals surface area contributed by atoms with Crippen LogP contribution in [0.1, 0.15) is 17.2 Å². The number of rotatable bonds is 4. The van der Waals surface area contributed by atoms with Crippen molar-refractivity contribution in [3.05, 3.63) is 29.6 Å². The summed E-state index contributed by atoms with van der Waals surface area (Å²) in [6, 6.07) is 1.90. The summed E-state index contributed by atoms with van der Waals surface area (Å²) in [4.78, 5) is 19.1. The Bertz CT molecular complexity index is 969. The number of aromatic amines is 1. The van der Waals surface area contributed by atoms with Gasteiger partial charge in [-0.25, -0.2) is 15.0 Å². The molecule has 1 aliphatic heterocycles. The van der Waals surface area contributed by atoms with Gasteiger partial charge >= 0.3 is 0 Å². The van der Waals surface area contributed by atoms with Crippen LogP contribution in [0, 0.1) is 6.92 Å². The number of hydrogen-bond donors (Lipinski definition) is 1. The lowest BCUT2D eigenvalue weighted by atomic mass is 10.1. The minimum absolute atomic E-state index is 0.525. The van der Waals surface area contributed by atoms with Gasteiger partial charge in [-0.2, -0.15) is 0 Å². The Kier molecular flexibility index (Phi) is 4.02. The van der Waals surface area contributed by atoms with Crippen LogP contribution in [0.4, 0.5) is 5.82 Å². The lowest BCUT2D eigenvalue weighted by molar-refractivity contribution is 0.327. The van der Waals surface area contributed by atoms with E-state index in [0.29, 0.717) is 22.8 Å². The van der Waals surface area contributed by atoms with E-state index in [4.69, 9.17) is 14.2 Å². The van der Waals surface area contributed by atoms with Crippen LogP contribution >= 0.6 is 0 Å². The molecule has 3 aromatic rings. The molecule has 2 aromatic heterocycles. The van der Waals surface area contributed by atoms with Crippen LogP contribution in [0.2, 0.25) is 0 Å². The zero-order valence-electron chi connectivity index (χ0n) is 15.3. The summed E-state index contributed by atoms with van der Waals surface area (Å²) in [7, 11) is 4.78. The third-order valence-electron chi connectivity index (χ3n) is 4.66. The van der Waals surface area contributed by atoms with Gasteiger partial charge in [0.1, 0.15) is 23.5 Å². The average molecular weight is 355 g/mol. The Hall–Kier alpha value is -3.03. The summed E-state index contributed by atoms with van der Waals surface area (Å²) in [5.74, 6) is 3.44. The van der Waals surface area contributed by atoms with Crippen molar-refractivity contribution in [3.63, 3.8) is 0 Å². The van der Waals surface area contributed by atoms with Crippen LogP contribution in [0.25, 0.3) is 10.9 Å². The number of nitrogens with zero attached hydrogens (tertiary/aromatic N) is 4. The number of methoxy groups -OCH3 is 3. The molecule has 1 N–H and O–H groups in total. The monoisotopic (exact) mass is 355 g/mol. The second-order valence-electron chi connectivity index (χ2n) is 6.16. The summed E-state index contributed by atoms with van der Waals surface area (Å²) in [6.07, 6.45) is 2.43. The molecule has 3 heterocycles. The first kappa shape index (κ1) is 16.4. The maximum absolute atomic E-state index is 5.56. The first-order valence-corrected chi connectivity index (χ1v) is 8.39. The molecular weight excluding hydrogens is 334 g/mol. The number of H-pyrrole nitrogens is 1. The SMILES string of the molecule is COc1cc2c(N3CCc4nc(C)[nH]c4C3)ncnc2c(OC)c1OC. The zero-order valence-corrected chi connectivity index (χ0v) is 15.3. The minimum atomic E-state index is 0.525. The van der Waals surface area contributed by atoms with Gasteiger partial charge in [-0.1, -0.05) is 0 Å². The van der Waals surface area contributed by atoms with Gasteiger partial charge in [0.2, 0.25) is 5.75 Å². The van der Waals surface area contributed by atoms with Crippen LogP contribution in [-0.4, -0.2) is 47.8 Å². The van der Waals surface area contributed by atoms with Crippen LogP contribution in [0.15, 0.2) is 12.4 Å². The molecule has 8 heteroatoms. The average Bonchev–Trinajstić information content (AvgIpc) is 3.04. The van der Waals surface area contributed by atoms with Crippen molar-refractivity contribution in [1.29, 1.82) is 0 Å². The minimum Gasteiger partial charge on any atom is -0.493 e. The molecule has 0 amide bonds. The van der Waals surface area contributed by atoms with Crippen LogP contribution in [0.3, 0.4) is 0 Å². The van der Waals surface area contributed by atoms with E-state index in [1.165, 1.54) is 0 Å². The highest BCUT2D eigenvalue weighted by molar-refractivity contribution is 5.97. The summed E-state index contributed by atoms with van der Waals surface area (Å²) < 4.78 is 16.5. The topological polar surface area (TPSA) is 85.4 Å². The summed E-state index contributed by atoms with van der Waals surface area (Å²) >= 11 is 0. The van der Waals surface area contributed by atoms with Crippen molar-refractivity contribution >= 4 is 16.7 Å². The van der Waals surface area contributed by atoms with Gasteiger partial charge in [-0.3, -0.25) is 0 Å². The smallest absolute Gasteiger partial charge is 0.205 e. The Morgan fingerprint density at radius 1 is 1.08 bits per heavy atom. The van der Waals surface area contributed by atoms with Gasteiger partial charge < -0.3 is 24.1 Å². The Morgan fingerprint density at radius 3 is 2.62 bits per heavy atom. The van der Waals surface area contributed by atoms with E-state index in [1.54, 1.807) is 27.7 Å². The fraction of sp³-hybridized carbons (Fsp3) is 0.389. The molecular formula is C18H21N5O3. The first-order chi connectivity index (χ1) is 12.7. The lowest BCUT2D eigenvalue weighted by Gasteiger charge is -2.28. The number of imidazole rings is 1. The third kappa shape index (κ3) is 2.49. The van der Waals surface area contributed by atoms with Crippen LogP contribution in [-0.2, 0) is 13.0 Å². The van der Waals surface area contributed by atoms with Crippen LogP contribution < -0.4 is 19.1 Å². The molecule has 0 saturated carbocycles. The number of nitrogens with one attached hydrogen (secondary N) is 1. The zero-order chi connectivity index (χ0) is 18.3. The van der Waals surface area contributed by atoms with Crippen molar-refractivity contribution < 1.29 is 14.2 Å². The van der Waals surface area contributed by atoms with Crippen LogP contribution in [0.5, 0.6) is 17.2 Å². The van der Waals surface area contributed by atoms with Gasteiger partial charge in [0.25, 0.3) is 0 Å². The molecule has 0 spiro atoms. The molecule has 0 fully saturated rings. The number of anilines is 1. The quantitative estimate of drug-likeness (QED) is 0.768. The molecule has 0 radical (unpaired) electrons. The molecule has 26 heavy (non-hydrogen) atoms. The van der Waals surface area contributed by atoms with Crippen molar-refractivity contribution in [1.82, 2.24) is 19.9 Å². The molecule has 136 valence electrons. The predicted octanol–water partition coefficient (Wildman–Crippen LogP) is 2.25. The van der Waals surface area contributed by atoms with E-state index in [9.17, 15) is 0 Å². The molecule has 0 atom stereocenters. The van der Waals surface area contributed by atoms with E-state index in [0.717, 1.165) is 47.9 Å². The van der Waals surface area contributed by atoms with E-state index in [1.807, 2.05) is 13.0 Å². The standard InChI is InChI=1S/C18H21N5O3/c1-10-21-12-5-6-23(8-13(12)22-10)18-11-7-14(24-2)16(25-3)17(26-4)15(11)19-9-20-18/h7,9H,5-6,8H2,1-4H3,(H,21,22). The van der Waals surface area contributed by atoms with Gasteiger partial charge in [-0.15, -0.1) is 0 Å². The Labute approximate surface area is 151 Å². The molecule has 1 aliphatic rings. The Balaban J connectivity index is 1.86. The number of aryl methyl sites for hydroxylation is 1. The predicted molar refractivity (Wildman–Crippen MR) is 97.3 cm³/mol. The lowest BCUT2D eigenvalue weighted by Crippen LogP contribution is -2.31. The van der Waals surface area contributed by atoms with Crippen molar-refractivity contribution in [2.24, 2.45) is 0 Å². The highest BCUT2D eigenvalue weighted by Crippen LogP contribution is 2.44. The molecule has 8 nitrogen and oxygen atoms in total. The normalized spacial score (nSPS) is 13.6. The number of aromatic nitrogens is 4. The number of hydrogen-bond acceptors (Lipinski definition) is 7. The van der Waals surface area contributed by atoms with Gasteiger partial charge in [0, 0.05) is 13.0 Å².